The van der Waals surface area contributed by atoms with E-state index in [9.17, 15) is 13.6 Å². The Bertz CT molecular complexity index is 653. The van der Waals surface area contributed by atoms with Crippen LogP contribution in [0.15, 0.2) is 36.4 Å². The molecule has 0 radical (unpaired) electrons. The number of hydrogen-bond acceptors (Lipinski definition) is 1. The average Bonchev–Trinajstić information content (AvgIpc) is 2.40. The number of carbonyl (C=O) groups is 1. The standard InChI is InChI=1S/C16H15F2NO/c1-10-3-4-12(11(2)7-10)9-19-16(20)14-8-13(17)5-6-15(14)18/h3-8H,9H2,1-2H3,(H,19,20). The lowest BCUT2D eigenvalue weighted by Gasteiger charge is -2.09. The number of hydrogen-bond donors (Lipinski definition) is 1. The summed E-state index contributed by atoms with van der Waals surface area (Å²) >= 11 is 0. The van der Waals surface area contributed by atoms with Crippen LogP contribution in [0.25, 0.3) is 0 Å². The zero-order chi connectivity index (χ0) is 14.7. The summed E-state index contributed by atoms with van der Waals surface area (Å²) in [6.45, 7) is 4.20. The molecule has 1 amide bonds. The predicted molar refractivity (Wildman–Crippen MR) is 73.4 cm³/mol. The van der Waals surface area contributed by atoms with Gasteiger partial charge in [-0.15, -0.1) is 0 Å². The fourth-order valence-electron chi connectivity index (χ4n) is 1.99. The minimum absolute atomic E-state index is 0.279. The zero-order valence-electron chi connectivity index (χ0n) is 11.3. The quantitative estimate of drug-likeness (QED) is 0.912. The molecule has 104 valence electrons. The molecule has 2 rings (SSSR count). The molecule has 1 N–H and O–H groups in total. The highest BCUT2D eigenvalue weighted by molar-refractivity contribution is 5.94. The summed E-state index contributed by atoms with van der Waals surface area (Å²) in [5, 5.41) is 2.60. The summed E-state index contributed by atoms with van der Waals surface area (Å²) < 4.78 is 26.5. The highest BCUT2D eigenvalue weighted by Gasteiger charge is 2.12. The fraction of sp³-hybridized carbons (Fsp3) is 0.188. The van der Waals surface area contributed by atoms with Crippen molar-refractivity contribution in [1.29, 1.82) is 0 Å². The van der Waals surface area contributed by atoms with Gasteiger partial charge in [-0.2, -0.15) is 0 Å². The molecule has 0 saturated carbocycles. The Hall–Kier alpha value is -2.23. The summed E-state index contributed by atoms with van der Waals surface area (Å²) in [4.78, 5) is 11.9. The monoisotopic (exact) mass is 275 g/mol. The summed E-state index contributed by atoms with van der Waals surface area (Å²) in [7, 11) is 0. The van der Waals surface area contributed by atoms with Crippen molar-refractivity contribution in [2.75, 3.05) is 0 Å². The van der Waals surface area contributed by atoms with Crippen molar-refractivity contribution in [3.8, 4) is 0 Å². The van der Waals surface area contributed by atoms with Crippen molar-refractivity contribution in [2.24, 2.45) is 0 Å². The highest BCUT2D eigenvalue weighted by Crippen LogP contribution is 2.12. The SMILES string of the molecule is Cc1ccc(CNC(=O)c2cc(F)ccc2F)c(C)c1. The van der Waals surface area contributed by atoms with E-state index in [1.54, 1.807) is 0 Å². The molecule has 0 aliphatic carbocycles. The summed E-state index contributed by atoms with van der Waals surface area (Å²) in [6, 6.07) is 8.68. The Morgan fingerprint density at radius 1 is 1.10 bits per heavy atom. The maximum absolute atomic E-state index is 13.5. The fourth-order valence-corrected chi connectivity index (χ4v) is 1.99. The van der Waals surface area contributed by atoms with Crippen molar-refractivity contribution >= 4 is 5.91 Å². The van der Waals surface area contributed by atoms with Crippen LogP contribution in [-0.2, 0) is 6.54 Å². The first-order valence-corrected chi connectivity index (χ1v) is 6.27. The molecular formula is C16H15F2NO. The van der Waals surface area contributed by atoms with Crippen LogP contribution >= 0.6 is 0 Å². The number of amides is 1. The first-order valence-electron chi connectivity index (χ1n) is 6.27. The Morgan fingerprint density at radius 2 is 1.85 bits per heavy atom. The first-order chi connectivity index (χ1) is 9.47. The van der Waals surface area contributed by atoms with Crippen LogP contribution in [0.5, 0.6) is 0 Å². The second-order valence-electron chi connectivity index (χ2n) is 4.74. The van der Waals surface area contributed by atoms with Gasteiger partial charge in [0, 0.05) is 6.54 Å². The molecule has 0 fully saturated rings. The molecule has 0 aliphatic heterocycles. The predicted octanol–water partition coefficient (Wildman–Crippen LogP) is 3.51. The van der Waals surface area contributed by atoms with Crippen LogP contribution < -0.4 is 5.32 Å². The van der Waals surface area contributed by atoms with Gasteiger partial charge in [0.1, 0.15) is 11.6 Å². The third-order valence-corrected chi connectivity index (χ3v) is 3.11. The van der Waals surface area contributed by atoms with E-state index in [2.05, 4.69) is 5.32 Å². The smallest absolute Gasteiger partial charge is 0.254 e. The van der Waals surface area contributed by atoms with Crippen LogP contribution in [-0.4, -0.2) is 5.91 Å². The van der Waals surface area contributed by atoms with Crippen molar-refractivity contribution in [1.82, 2.24) is 5.32 Å². The van der Waals surface area contributed by atoms with Gasteiger partial charge < -0.3 is 5.32 Å². The van der Waals surface area contributed by atoms with Crippen LogP contribution in [0, 0.1) is 25.5 Å². The van der Waals surface area contributed by atoms with Crippen LogP contribution in [0.4, 0.5) is 8.78 Å². The van der Waals surface area contributed by atoms with Gasteiger partial charge >= 0.3 is 0 Å². The number of carbonyl (C=O) groups excluding carboxylic acids is 1. The van der Waals surface area contributed by atoms with Crippen LogP contribution in [0.2, 0.25) is 0 Å². The molecule has 0 unspecified atom stereocenters. The molecule has 0 spiro atoms. The molecule has 0 aliphatic rings. The van der Waals surface area contributed by atoms with Gasteiger partial charge in [-0.25, -0.2) is 8.78 Å². The molecule has 20 heavy (non-hydrogen) atoms. The number of halogens is 2. The average molecular weight is 275 g/mol. The zero-order valence-corrected chi connectivity index (χ0v) is 11.3. The summed E-state index contributed by atoms with van der Waals surface area (Å²) in [5.74, 6) is -1.99. The molecule has 0 bridgehead atoms. The van der Waals surface area contributed by atoms with E-state index in [0.29, 0.717) is 0 Å². The molecule has 0 saturated heterocycles. The molecule has 2 nitrogen and oxygen atoms in total. The highest BCUT2D eigenvalue weighted by atomic mass is 19.1. The number of aryl methyl sites for hydroxylation is 2. The number of nitrogens with one attached hydrogen (secondary N) is 1. The number of benzene rings is 2. The third-order valence-electron chi connectivity index (χ3n) is 3.11. The van der Waals surface area contributed by atoms with Crippen molar-refractivity contribution < 1.29 is 13.6 Å². The van der Waals surface area contributed by atoms with Crippen molar-refractivity contribution in [2.45, 2.75) is 20.4 Å². The minimum Gasteiger partial charge on any atom is -0.348 e. The van der Waals surface area contributed by atoms with Crippen LogP contribution in [0.1, 0.15) is 27.0 Å². The van der Waals surface area contributed by atoms with E-state index < -0.39 is 17.5 Å². The maximum Gasteiger partial charge on any atom is 0.254 e. The third kappa shape index (κ3) is 3.20. The molecule has 2 aromatic carbocycles. The molecule has 0 atom stereocenters. The van der Waals surface area contributed by atoms with Crippen molar-refractivity contribution in [3.05, 3.63) is 70.3 Å². The Balaban J connectivity index is 2.10. The van der Waals surface area contributed by atoms with E-state index in [-0.39, 0.29) is 12.1 Å². The second kappa shape index (κ2) is 5.82. The van der Waals surface area contributed by atoms with Gasteiger partial charge in [0.05, 0.1) is 5.56 Å². The van der Waals surface area contributed by atoms with E-state index in [4.69, 9.17) is 0 Å². The maximum atomic E-state index is 13.5. The Labute approximate surface area is 116 Å². The minimum atomic E-state index is -0.732. The van der Waals surface area contributed by atoms with Gasteiger partial charge in [-0.3, -0.25) is 4.79 Å². The van der Waals surface area contributed by atoms with Crippen LogP contribution in [0.3, 0.4) is 0 Å². The Morgan fingerprint density at radius 3 is 2.55 bits per heavy atom. The lowest BCUT2D eigenvalue weighted by molar-refractivity contribution is 0.0946. The molecule has 4 heteroatoms. The van der Waals surface area contributed by atoms with Crippen molar-refractivity contribution in [3.63, 3.8) is 0 Å². The van der Waals surface area contributed by atoms with Gasteiger partial charge in [0.15, 0.2) is 0 Å². The Kier molecular flexibility index (Phi) is 4.13. The molecule has 2 aromatic rings. The normalized spacial score (nSPS) is 10.4. The van der Waals surface area contributed by atoms with E-state index >= 15 is 0 Å². The summed E-state index contributed by atoms with van der Waals surface area (Å²) in [6.07, 6.45) is 0. The summed E-state index contributed by atoms with van der Waals surface area (Å²) in [5.41, 5.74) is 2.84. The lowest BCUT2D eigenvalue weighted by atomic mass is 10.1. The largest absolute Gasteiger partial charge is 0.348 e. The van der Waals surface area contributed by atoms with Gasteiger partial charge in [0.25, 0.3) is 5.91 Å². The molecular weight excluding hydrogens is 260 g/mol. The lowest BCUT2D eigenvalue weighted by Crippen LogP contribution is -2.24. The topological polar surface area (TPSA) is 29.1 Å². The van der Waals surface area contributed by atoms with Gasteiger partial charge in [-0.1, -0.05) is 23.8 Å². The molecule has 0 aromatic heterocycles. The van der Waals surface area contributed by atoms with E-state index in [1.807, 2.05) is 32.0 Å². The molecule has 0 heterocycles. The van der Waals surface area contributed by atoms with E-state index in [1.165, 1.54) is 0 Å². The number of rotatable bonds is 3. The van der Waals surface area contributed by atoms with E-state index in [0.717, 1.165) is 34.9 Å². The second-order valence-corrected chi connectivity index (χ2v) is 4.74. The first kappa shape index (κ1) is 14.2. The van der Waals surface area contributed by atoms with Gasteiger partial charge in [0.2, 0.25) is 0 Å². The van der Waals surface area contributed by atoms with Gasteiger partial charge in [-0.05, 0) is 43.2 Å².